The third kappa shape index (κ3) is 6.50. The molecule has 6 heteroatoms. The van der Waals surface area contributed by atoms with Gasteiger partial charge in [-0.3, -0.25) is 4.98 Å². The Hall–Kier alpha value is -4.29. The fourth-order valence-electron chi connectivity index (χ4n) is 5.60. The summed E-state index contributed by atoms with van der Waals surface area (Å²) in [5.41, 5.74) is 7.99. The fourth-order valence-corrected chi connectivity index (χ4v) is 7.77. The zero-order chi connectivity index (χ0) is 30.8. The minimum Gasteiger partial charge on any atom is -0.501 e. The average Bonchev–Trinajstić information content (AvgIpc) is 3.64. The van der Waals surface area contributed by atoms with Gasteiger partial charge in [0.05, 0.1) is 22.4 Å². The molecule has 0 bridgehead atoms. The van der Waals surface area contributed by atoms with E-state index in [1.807, 2.05) is 66.9 Å². The molecule has 0 spiro atoms. The normalized spacial score (nSPS) is 11.3. The SMILES string of the molecule is [CH3][Ge]([CH3])([CH3])[c]1ccc(-c2[c-]cccc2)nc1.[Ir].[c-]1ccc2c(oc3ccccc32)c1-c1nc2ccccc2n1Cc1ccccc1. The van der Waals surface area contributed by atoms with Gasteiger partial charge in [-0.05, 0) is 23.8 Å². The molecule has 0 saturated heterocycles. The van der Waals surface area contributed by atoms with Gasteiger partial charge in [0.2, 0.25) is 0 Å². The van der Waals surface area contributed by atoms with Crippen LogP contribution in [0.15, 0.2) is 138 Å². The number of para-hydroxylation sites is 3. The number of aromatic nitrogens is 3. The molecule has 229 valence electrons. The summed E-state index contributed by atoms with van der Waals surface area (Å²) >= 11 is -1.72. The van der Waals surface area contributed by atoms with E-state index in [0.29, 0.717) is 0 Å². The third-order valence-electron chi connectivity index (χ3n) is 8.01. The molecule has 8 rings (SSSR count). The van der Waals surface area contributed by atoms with Crippen LogP contribution in [0, 0.1) is 12.1 Å². The number of imidazole rings is 1. The van der Waals surface area contributed by atoms with E-state index in [0.717, 1.165) is 62.2 Å². The van der Waals surface area contributed by atoms with Crippen molar-refractivity contribution >= 4 is 50.6 Å². The Morgan fingerprint density at radius 1 is 0.717 bits per heavy atom. The first kappa shape index (κ1) is 31.7. The Bertz CT molecular complexity index is 2220. The van der Waals surface area contributed by atoms with E-state index in [1.165, 1.54) is 9.96 Å². The molecule has 0 aliphatic rings. The van der Waals surface area contributed by atoms with Crippen LogP contribution in [0.1, 0.15) is 5.56 Å². The number of rotatable bonds is 5. The maximum Gasteiger partial charge on any atom is 0.120 e. The second-order valence-corrected chi connectivity index (χ2v) is 22.8. The summed E-state index contributed by atoms with van der Waals surface area (Å²) in [7, 11) is 0. The van der Waals surface area contributed by atoms with E-state index in [9.17, 15) is 0 Å². The Balaban J connectivity index is 0.000000187. The zero-order valence-electron chi connectivity index (χ0n) is 26.0. The third-order valence-corrected chi connectivity index (χ3v) is 12.3. The maximum atomic E-state index is 6.25. The maximum absolute atomic E-state index is 6.25. The van der Waals surface area contributed by atoms with Gasteiger partial charge < -0.3 is 8.98 Å². The Kier molecular flexibility index (Phi) is 9.37. The minimum atomic E-state index is -1.72. The van der Waals surface area contributed by atoms with Crippen molar-refractivity contribution in [3.63, 3.8) is 0 Å². The summed E-state index contributed by atoms with van der Waals surface area (Å²) in [6.07, 6.45) is 2.04. The van der Waals surface area contributed by atoms with E-state index >= 15 is 0 Å². The molecule has 0 N–H and O–H groups in total. The van der Waals surface area contributed by atoms with Crippen LogP contribution in [0.2, 0.25) is 17.3 Å². The van der Waals surface area contributed by atoms with Gasteiger partial charge in [0.1, 0.15) is 5.58 Å². The topological polar surface area (TPSA) is 43.9 Å². The summed E-state index contributed by atoms with van der Waals surface area (Å²) in [6.45, 7) is 0.737. The van der Waals surface area contributed by atoms with Gasteiger partial charge in [0, 0.05) is 32.0 Å². The Labute approximate surface area is 285 Å². The molecule has 4 nitrogen and oxygen atoms in total. The molecule has 5 aromatic carbocycles. The van der Waals surface area contributed by atoms with Crippen molar-refractivity contribution in [1.82, 2.24) is 14.5 Å². The van der Waals surface area contributed by atoms with Crippen LogP contribution in [-0.2, 0) is 26.7 Å². The number of furan rings is 1. The van der Waals surface area contributed by atoms with E-state index in [2.05, 4.69) is 106 Å². The van der Waals surface area contributed by atoms with Gasteiger partial charge in [-0.2, -0.15) is 0 Å². The van der Waals surface area contributed by atoms with E-state index in [1.54, 1.807) is 0 Å². The van der Waals surface area contributed by atoms with Gasteiger partial charge in [-0.15, -0.1) is 18.2 Å². The number of pyridine rings is 1. The van der Waals surface area contributed by atoms with Crippen molar-refractivity contribution in [2.75, 3.05) is 0 Å². The molecule has 3 heterocycles. The van der Waals surface area contributed by atoms with Crippen LogP contribution < -0.4 is 4.40 Å². The minimum absolute atomic E-state index is 0. The fraction of sp³-hybridized carbons (Fsp3) is 0.100. The Morgan fingerprint density at radius 3 is 2.24 bits per heavy atom. The van der Waals surface area contributed by atoms with E-state index < -0.39 is 13.3 Å². The van der Waals surface area contributed by atoms with Crippen molar-refractivity contribution in [3.8, 4) is 22.6 Å². The van der Waals surface area contributed by atoms with Gasteiger partial charge in [0.25, 0.3) is 0 Å². The zero-order valence-corrected chi connectivity index (χ0v) is 30.5. The van der Waals surface area contributed by atoms with Crippen molar-refractivity contribution in [1.29, 1.82) is 0 Å². The van der Waals surface area contributed by atoms with Crippen LogP contribution in [-0.4, -0.2) is 27.8 Å². The predicted molar refractivity (Wildman–Crippen MR) is 188 cm³/mol. The van der Waals surface area contributed by atoms with Gasteiger partial charge in [0.15, 0.2) is 0 Å². The first-order valence-corrected chi connectivity index (χ1v) is 22.6. The summed E-state index contributed by atoms with van der Waals surface area (Å²) in [6, 6.07) is 49.8. The van der Waals surface area contributed by atoms with Crippen molar-refractivity contribution in [3.05, 3.63) is 151 Å². The van der Waals surface area contributed by atoms with Gasteiger partial charge in [-0.1, -0.05) is 71.6 Å². The van der Waals surface area contributed by atoms with Crippen LogP contribution in [0.3, 0.4) is 0 Å². The molecular weight excluding hydrogens is 803 g/mol. The molecule has 0 saturated carbocycles. The number of hydrogen-bond donors (Lipinski definition) is 0. The molecule has 0 aliphatic carbocycles. The smallest absolute Gasteiger partial charge is 0.120 e. The molecule has 0 amide bonds. The quantitative estimate of drug-likeness (QED) is 0.128. The molecule has 0 unspecified atom stereocenters. The first-order valence-electron chi connectivity index (χ1n) is 15.2. The van der Waals surface area contributed by atoms with Crippen molar-refractivity contribution < 1.29 is 24.5 Å². The summed E-state index contributed by atoms with van der Waals surface area (Å²) in [4.78, 5) is 9.50. The second-order valence-electron chi connectivity index (χ2n) is 12.1. The Morgan fingerprint density at radius 2 is 1.48 bits per heavy atom. The molecule has 0 aliphatic heterocycles. The molecule has 46 heavy (non-hydrogen) atoms. The molecule has 1 radical (unpaired) electrons. The average molecular weight is 837 g/mol. The number of hydrogen-bond acceptors (Lipinski definition) is 3. The van der Waals surface area contributed by atoms with Crippen LogP contribution >= 0.6 is 0 Å². The van der Waals surface area contributed by atoms with Crippen LogP contribution in [0.25, 0.3) is 55.6 Å². The summed E-state index contributed by atoms with van der Waals surface area (Å²) < 4.78 is 9.95. The molecule has 0 fully saturated rings. The molecular formula is C40H33GeIrN3O-2. The second kappa shape index (κ2) is 13.6. The predicted octanol–water partition coefficient (Wildman–Crippen LogP) is 9.54. The van der Waals surface area contributed by atoms with Crippen LogP contribution in [0.5, 0.6) is 0 Å². The van der Waals surface area contributed by atoms with Gasteiger partial charge in [-0.25, -0.2) is 0 Å². The monoisotopic (exact) mass is 838 g/mol. The number of nitrogens with zero attached hydrogens (tertiary/aromatic N) is 3. The largest absolute Gasteiger partial charge is 0.501 e. The number of benzene rings is 5. The van der Waals surface area contributed by atoms with E-state index in [4.69, 9.17) is 9.40 Å². The van der Waals surface area contributed by atoms with E-state index in [-0.39, 0.29) is 20.1 Å². The van der Waals surface area contributed by atoms with Crippen molar-refractivity contribution in [2.24, 2.45) is 0 Å². The summed E-state index contributed by atoms with van der Waals surface area (Å²) in [5, 5.41) is 2.20. The van der Waals surface area contributed by atoms with Crippen LogP contribution in [0.4, 0.5) is 0 Å². The molecule has 3 aromatic heterocycles. The summed E-state index contributed by atoms with van der Waals surface area (Å²) in [5.74, 6) is 8.02. The number of fused-ring (bicyclic) bond motifs is 4. The van der Waals surface area contributed by atoms with Gasteiger partial charge >= 0.3 is 99.8 Å². The molecule has 0 atom stereocenters. The molecule has 8 aromatic rings. The van der Waals surface area contributed by atoms with Crippen molar-refractivity contribution in [2.45, 2.75) is 23.8 Å². The standard InChI is InChI=1S/C26H17N2O.C14H16GeN.Ir/c1-2-9-18(10-3-1)17-28-23-15-6-5-14-22(23)27-26(28)21-13-8-12-20-19-11-4-7-16-24(19)29-25(20)21;1-15(2,3)13-9-10-14(16-11-13)12-7-5-4-6-8-12;/h1-12,14-16H,17H2;4-7,9-11H,1-3H3;/q2*-1;. The first-order chi connectivity index (χ1) is 22.0.